The zero-order valence-electron chi connectivity index (χ0n) is 14.9. The molecule has 1 N–H and O–H groups in total. The number of carbonyl (C=O) groups is 1. The third-order valence-electron chi connectivity index (χ3n) is 3.90. The van der Waals surface area contributed by atoms with Gasteiger partial charge in [-0.3, -0.25) is 9.48 Å². The second kappa shape index (κ2) is 7.79. The topological polar surface area (TPSA) is 90.3 Å². The van der Waals surface area contributed by atoms with Crippen molar-refractivity contribution >= 4 is 21.3 Å². The summed E-state index contributed by atoms with van der Waals surface area (Å²) >= 11 is 0. The van der Waals surface area contributed by atoms with Crippen LogP contribution < -0.4 is 5.32 Å². The fourth-order valence-corrected chi connectivity index (χ4v) is 3.46. The lowest BCUT2D eigenvalue weighted by Crippen LogP contribution is -2.15. The van der Waals surface area contributed by atoms with Crippen molar-refractivity contribution in [1.29, 1.82) is 0 Å². The van der Waals surface area contributed by atoms with Gasteiger partial charge in [-0.25, -0.2) is 8.42 Å². The summed E-state index contributed by atoms with van der Waals surface area (Å²) in [6, 6.07) is 3.02. The lowest BCUT2D eigenvalue weighted by molar-refractivity contribution is 0.103. The Hall–Kier alpha value is -2.19. The number of hydrogen-bond donors (Lipinski definition) is 1. The highest BCUT2D eigenvalue weighted by Gasteiger charge is 2.21. The summed E-state index contributed by atoms with van der Waals surface area (Å²) in [7, 11) is -1.86. The first-order valence-corrected chi connectivity index (χ1v) is 9.82. The van der Waals surface area contributed by atoms with Crippen LogP contribution in [0.2, 0.25) is 0 Å². The number of aromatic nitrogens is 2. The van der Waals surface area contributed by atoms with Crippen LogP contribution in [0.3, 0.4) is 0 Å². The van der Waals surface area contributed by atoms with Crippen LogP contribution in [0.5, 0.6) is 0 Å². The molecular weight excluding hydrogens is 342 g/mol. The lowest BCUT2D eigenvalue weighted by Gasteiger charge is -2.16. The van der Waals surface area contributed by atoms with Gasteiger partial charge in [-0.05, 0) is 31.5 Å². The number of ether oxygens (including phenoxy) is 1. The minimum absolute atomic E-state index is 0.168. The van der Waals surface area contributed by atoms with Crippen LogP contribution in [0.25, 0.3) is 0 Å². The van der Waals surface area contributed by atoms with Crippen molar-refractivity contribution in [1.82, 2.24) is 9.78 Å². The van der Waals surface area contributed by atoms with Crippen LogP contribution in [-0.4, -0.2) is 50.5 Å². The number of carbonyl (C=O) groups excluding carboxylic acids is 1. The Kier molecular flexibility index (Phi) is 5.97. The molecule has 0 fully saturated rings. The number of methoxy groups -OCH3 is 1. The molecule has 0 aliphatic rings. The zero-order valence-corrected chi connectivity index (χ0v) is 15.7. The van der Waals surface area contributed by atoms with Crippen molar-refractivity contribution in [3.63, 3.8) is 0 Å². The molecule has 0 spiro atoms. The number of anilines is 1. The first kappa shape index (κ1) is 19.1. The maximum atomic E-state index is 12.8. The van der Waals surface area contributed by atoms with E-state index in [-0.39, 0.29) is 10.7 Å². The van der Waals surface area contributed by atoms with E-state index in [1.165, 1.54) is 12.3 Å². The molecule has 1 aromatic carbocycles. The molecule has 7 nitrogen and oxygen atoms in total. The fourth-order valence-electron chi connectivity index (χ4n) is 2.55. The highest BCUT2D eigenvalue weighted by atomic mass is 32.2. The number of ketones is 1. The molecule has 0 radical (unpaired) electrons. The summed E-state index contributed by atoms with van der Waals surface area (Å²) in [5.41, 5.74) is 1.95. The van der Waals surface area contributed by atoms with E-state index in [1.807, 2.05) is 6.92 Å². The quantitative estimate of drug-likeness (QED) is 0.568. The first-order chi connectivity index (χ1) is 11.8. The van der Waals surface area contributed by atoms with Crippen LogP contribution in [-0.2, 0) is 21.1 Å². The zero-order chi connectivity index (χ0) is 18.6. The summed E-state index contributed by atoms with van der Waals surface area (Å²) in [5.74, 6) is -0.188. The number of benzene rings is 1. The molecule has 2 aromatic rings. The number of nitrogens with one attached hydrogen (secondary N) is 1. The Bertz CT molecular complexity index is 872. The average molecular weight is 365 g/mol. The van der Waals surface area contributed by atoms with E-state index in [0.29, 0.717) is 42.1 Å². The van der Waals surface area contributed by atoms with Crippen molar-refractivity contribution in [2.75, 3.05) is 31.8 Å². The van der Waals surface area contributed by atoms with Gasteiger partial charge in [-0.15, -0.1) is 0 Å². The van der Waals surface area contributed by atoms with Gasteiger partial charge in [0.05, 0.1) is 29.0 Å². The number of sulfone groups is 1. The Morgan fingerprint density at radius 1 is 1.36 bits per heavy atom. The summed E-state index contributed by atoms with van der Waals surface area (Å²) < 4.78 is 30.8. The van der Waals surface area contributed by atoms with Crippen molar-refractivity contribution in [3.8, 4) is 0 Å². The van der Waals surface area contributed by atoms with Gasteiger partial charge < -0.3 is 10.1 Å². The third kappa shape index (κ3) is 4.26. The van der Waals surface area contributed by atoms with Crippen molar-refractivity contribution in [2.24, 2.45) is 0 Å². The molecular formula is C17H23N3O4S. The van der Waals surface area contributed by atoms with Gasteiger partial charge in [0.1, 0.15) is 0 Å². The molecule has 0 saturated heterocycles. The Balaban J connectivity index is 2.49. The van der Waals surface area contributed by atoms with Crippen LogP contribution in [0.15, 0.2) is 29.4 Å². The van der Waals surface area contributed by atoms with Crippen LogP contribution in [0.4, 0.5) is 5.69 Å². The van der Waals surface area contributed by atoms with E-state index >= 15 is 0 Å². The molecule has 25 heavy (non-hydrogen) atoms. The minimum atomic E-state index is -3.43. The maximum Gasteiger partial charge on any atom is 0.196 e. The van der Waals surface area contributed by atoms with Crippen molar-refractivity contribution in [2.45, 2.75) is 25.3 Å². The van der Waals surface area contributed by atoms with E-state index in [4.69, 9.17) is 4.74 Å². The highest BCUT2D eigenvalue weighted by Crippen LogP contribution is 2.29. The van der Waals surface area contributed by atoms with E-state index in [0.717, 1.165) is 6.26 Å². The second-order valence-corrected chi connectivity index (χ2v) is 7.70. The Labute approximate surface area is 147 Å². The third-order valence-corrected chi connectivity index (χ3v) is 5.04. The Morgan fingerprint density at radius 2 is 2.08 bits per heavy atom. The van der Waals surface area contributed by atoms with E-state index in [2.05, 4.69) is 10.4 Å². The monoisotopic (exact) mass is 365 g/mol. The van der Waals surface area contributed by atoms with Gasteiger partial charge >= 0.3 is 0 Å². The molecule has 136 valence electrons. The smallest absolute Gasteiger partial charge is 0.196 e. The summed E-state index contributed by atoms with van der Waals surface area (Å²) in [6.45, 7) is 5.20. The van der Waals surface area contributed by atoms with Crippen LogP contribution in [0.1, 0.15) is 28.4 Å². The normalized spacial score (nSPS) is 11.5. The molecule has 1 heterocycles. The van der Waals surface area contributed by atoms with Crippen LogP contribution in [0, 0.1) is 6.92 Å². The maximum absolute atomic E-state index is 12.8. The van der Waals surface area contributed by atoms with E-state index < -0.39 is 9.84 Å². The SMILES string of the molecule is CCn1cc(C(=O)c2ccc(S(C)(=O)=O)c(NCCOC)c2C)cn1. The molecule has 0 saturated carbocycles. The summed E-state index contributed by atoms with van der Waals surface area (Å²) in [6.07, 6.45) is 4.36. The number of aryl methyl sites for hydroxylation is 1. The van der Waals surface area contributed by atoms with Crippen LogP contribution >= 0.6 is 0 Å². The molecule has 0 amide bonds. The molecule has 0 unspecified atom stereocenters. The highest BCUT2D eigenvalue weighted by molar-refractivity contribution is 7.90. The van der Waals surface area contributed by atoms with Gasteiger partial charge in [0.15, 0.2) is 15.6 Å². The van der Waals surface area contributed by atoms with E-state index in [9.17, 15) is 13.2 Å². The molecule has 8 heteroatoms. The molecule has 0 bridgehead atoms. The predicted molar refractivity (Wildman–Crippen MR) is 96.0 cm³/mol. The number of rotatable bonds is 8. The molecule has 0 aliphatic heterocycles. The van der Waals surface area contributed by atoms with Gasteiger partial charge in [0.2, 0.25) is 0 Å². The molecule has 0 atom stereocenters. The average Bonchev–Trinajstić information content (AvgIpc) is 3.04. The van der Waals surface area contributed by atoms with Crippen molar-refractivity contribution in [3.05, 3.63) is 41.2 Å². The van der Waals surface area contributed by atoms with E-state index in [1.54, 1.807) is 31.0 Å². The molecule has 0 aliphatic carbocycles. The van der Waals surface area contributed by atoms with Gasteiger partial charge in [-0.2, -0.15) is 5.10 Å². The summed E-state index contributed by atoms with van der Waals surface area (Å²) in [5, 5.41) is 7.19. The number of nitrogens with zero attached hydrogens (tertiary/aromatic N) is 2. The standard InChI is InChI=1S/C17H23N3O4S/c1-5-20-11-13(10-19-20)17(21)14-6-7-15(25(4,22)23)16(12(14)2)18-8-9-24-3/h6-7,10-11,18H,5,8-9H2,1-4H3. The lowest BCUT2D eigenvalue weighted by atomic mass is 9.99. The first-order valence-electron chi connectivity index (χ1n) is 7.93. The largest absolute Gasteiger partial charge is 0.383 e. The molecule has 1 aromatic heterocycles. The number of hydrogen-bond acceptors (Lipinski definition) is 6. The van der Waals surface area contributed by atoms with Gasteiger partial charge in [0.25, 0.3) is 0 Å². The fraction of sp³-hybridized carbons (Fsp3) is 0.412. The predicted octanol–water partition coefficient (Wildman–Crippen LogP) is 1.90. The second-order valence-electron chi connectivity index (χ2n) is 5.72. The minimum Gasteiger partial charge on any atom is -0.383 e. The van der Waals surface area contributed by atoms with Crippen molar-refractivity contribution < 1.29 is 17.9 Å². The van der Waals surface area contributed by atoms with Gasteiger partial charge in [0, 0.05) is 38.2 Å². The Morgan fingerprint density at radius 3 is 2.64 bits per heavy atom. The molecule has 2 rings (SSSR count). The van der Waals surface area contributed by atoms with Gasteiger partial charge in [-0.1, -0.05) is 0 Å². The summed E-state index contributed by atoms with van der Waals surface area (Å²) in [4.78, 5) is 13.0.